The molecule has 1 amide bonds. The van der Waals surface area contributed by atoms with Crippen LogP contribution in [0.5, 0.6) is 0 Å². The molecular formula is C11H23N3O. The van der Waals surface area contributed by atoms with Crippen molar-refractivity contribution in [3.05, 3.63) is 0 Å². The number of carbonyl (C=O) groups is 1. The summed E-state index contributed by atoms with van der Waals surface area (Å²) in [5.41, 5.74) is 11.1. The molecule has 1 aliphatic heterocycles. The first-order valence-electron chi connectivity index (χ1n) is 5.79. The Kier molecular flexibility index (Phi) is 4.54. The molecule has 1 rings (SSSR count). The average Bonchev–Trinajstić information content (AvgIpc) is 2.18. The lowest BCUT2D eigenvalue weighted by molar-refractivity contribution is -0.122. The van der Waals surface area contributed by atoms with Gasteiger partial charge in [-0.15, -0.1) is 0 Å². The molecule has 88 valence electrons. The Morgan fingerprint density at radius 2 is 2.27 bits per heavy atom. The summed E-state index contributed by atoms with van der Waals surface area (Å²) in [4.78, 5) is 13.3. The lowest BCUT2D eigenvalue weighted by Crippen LogP contribution is -2.51. The summed E-state index contributed by atoms with van der Waals surface area (Å²) >= 11 is 0. The third-order valence-corrected chi connectivity index (χ3v) is 3.47. The molecule has 0 saturated carbocycles. The molecule has 0 spiro atoms. The molecule has 0 radical (unpaired) electrons. The fourth-order valence-electron chi connectivity index (χ4n) is 2.38. The third kappa shape index (κ3) is 3.18. The molecule has 0 aliphatic carbocycles. The fourth-order valence-corrected chi connectivity index (χ4v) is 2.38. The zero-order chi connectivity index (χ0) is 11.4. The van der Waals surface area contributed by atoms with E-state index in [4.69, 9.17) is 11.5 Å². The van der Waals surface area contributed by atoms with Crippen LogP contribution in [0, 0.1) is 11.8 Å². The van der Waals surface area contributed by atoms with Gasteiger partial charge >= 0.3 is 0 Å². The number of hydrogen-bond donors (Lipinski definition) is 2. The molecule has 1 saturated heterocycles. The van der Waals surface area contributed by atoms with Crippen LogP contribution in [0.15, 0.2) is 0 Å². The molecule has 15 heavy (non-hydrogen) atoms. The van der Waals surface area contributed by atoms with Gasteiger partial charge in [0.2, 0.25) is 5.91 Å². The lowest BCUT2D eigenvalue weighted by Gasteiger charge is -2.40. The molecule has 1 fully saturated rings. The average molecular weight is 213 g/mol. The maximum Gasteiger partial charge on any atom is 0.221 e. The van der Waals surface area contributed by atoms with Crippen LogP contribution in [-0.4, -0.2) is 36.5 Å². The molecule has 3 unspecified atom stereocenters. The Labute approximate surface area is 92.0 Å². The second-order valence-electron chi connectivity index (χ2n) is 4.72. The van der Waals surface area contributed by atoms with Crippen LogP contribution in [0.1, 0.15) is 26.7 Å². The molecule has 0 aromatic carbocycles. The van der Waals surface area contributed by atoms with Crippen LogP contribution >= 0.6 is 0 Å². The van der Waals surface area contributed by atoms with Gasteiger partial charge in [-0.25, -0.2) is 0 Å². The zero-order valence-electron chi connectivity index (χ0n) is 9.78. The number of amides is 1. The molecular weight excluding hydrogens is 190 g/mol. The molecule has 1 heterocycles. The van der Waals surface area contributed by atoms with Crippen molar-refractivity contribution in [2.75, 3.05) is 19.6 Å². The van der Waals surface area contributed by atoms with Gasteiger partial charge in [-0.05, 0) is 25.3 Å². The van der Waals surface area contributed by atoms with Gasteiger partial charge in [0, 0.05) is 25.0 Å². The van der Waals surface area contributed by atoms with Crippen molar-refractivity contribution in [3.63, 3.8) is 0 Å². The fraction of sp³-hybridized carbons (Fsp3) is 0.909. The molecule has 0 aromatic heterocycles. The maximum atomic E-state index is 11.0. The Morgan fingerprint density at radius 3 is 2.80 bits per heavy atom. The highest BCUT2D eigenvalue weighted by molar-refractivity contribution is 5.76. The zero-order valence-corrected chi connectivity index (χ0v) is 9.78. The van der Waals surface area contributed by atoms with E-state index in [0.29, 0.717) is 18.5 Å². The summed E-state index contributed by atoms with van der Waals surface area (Å²) < 4.78 is 0. The minimum atomic E-state index is -0.219. The SMILES string of the molecule is CC(CN1CCCC(C)C1CN)C(N)=O. The molecule has 1 aliphatic rings. The van der Waals surface area contributed by atoms with Crippen LogP contribution in [-0.2, 0) is 4.79 Å². The number of primary amides is 1. The standard InChI is InChI=1S/C11H23N3O/c1-8-4-3-5-14(10(8)6-12)7-9(2)11(13)15/h8-10H,3-7,12H2,1-2H3,(H2,13,15). The second-order valence-corrected chi connectivity index (χ2v) is 4.72. The van der Waals surface area contributed by atoms with Gasteiger partial charge < -0.3 is 11.5 Å². The number of hydrogen-bond acceptors (Lipinski definition) is 3. The van der Waals surface area contributed by atoms with Crippen LogP contribution in [0.2, 0.25) is 0 Å². The molecule has 4 heteroatoms. The lowest BCUT2D eigenvalue weighted by atomic mass is 9.90. The van der Waals surface area contributed by atoms with Gasteiger partial charge in [-0.1, -0.05) is 13.8 Å². The number of piperidine rings is 1. The van der Waals surface area contributed by atoms with Gasteiger partial charge in [0.25, 0.3) is 0 Å². The summed E-state index contributed by atoms with van der Waals surface area (Å²) in [5, 5.41) is 0. The highest BCUT2D eigenvalue weighted by Gasteiger charge is 2.28. The van der Waals surface area contributed by atoms with Crippen LogP contribution in [0.4, 0.5) is 0 Å². The molecule has 3 atom stereocenters. The minimum absolute atomic E-state index is 0.0793. The number of likely N-dealkylation sites (tertiary alicyclic amines) is 1. The Balaban J connectivity index is 2.54. The number of rotatable bonds is 4. The Hall–Kier alpha value is -0.610. The van der Waals surface area contributed by atoms with Crippen molar-refractivity contribution in [3.8, 4) is 0 Å². The maximum absolute atomic E-state index is 11.0. The van der Waals surface area contributed by atoms with E-state index in [-0.39, 0.29) is 11.8 Å². The second kappa shape index (κ2) is 5.47. The smallest absolute Gasteiger partial charge is 0.221 e. The summed E-state index contributed by atoms with van der Waals surface area (Å²) in [6, 6.07) is 0.417. The van der Waals surface area contributed by atoms with Crippen molar-refractivity contribution < 1.29 is 4.79 Å². The van der Waals surface area contributed by atoms with E-state index in [1.54, 1.807) is 0 Å². The van der Waals surface area contributed by atoms with E-state index in [1.807, 2.05) is 6.92 Å². The van der Waals surface area contributed by atoms with E-state index in [0.717, 1.165) is 13.1 Å². The van der Waals surface area contributed by atoms with Crippen molar-refractivity contribution in [1.29, 1.82) is 0 Å². The first kappa shape index (κ1) is 12.5. The number of nitrogens with two attached hydrogens (primary N) is 2. The van der Waals surface area contributed by atoms with Crippen LogP contribution in [0.3, 0.4) is 0 Å². The topological polar surface area (TPSA) is 72.3 Å². The summed E-state index contributed by atoms with van der Waals surface area (Å²) in [6.07, 6.45) is 2.44. The normalized spacial score (nSPS) is 30.1. The predicted octanol–water partition coefficient (Wildman–Crippen LogP) is 0.167. The van der Waals surface area contributed by atoms with Crippen molar-refractivity contribution in [1.82, 2.24) is 4.90 Å². The monoisotopic (exact) mass is 213 g/mol. The van der Waals surface area contributed by atoms with Gasteiger partial charge in [0.1, 0.15) is 0 Å². The van der Waals surface area contributed by atoms with E-state index in [1.165, 1.54) is 12.8 Å². The highest BCUT2D eigenvalue weighted by Crippen LogP contribution is 2.23. The van der Waals surface area contributed by atoms with Crippen LogP contribution < -0.4 is 11.5 Å². The quantitative estimate of drug-likeness (QED) is 0.699. The van der Waals surface area contributed by atoms with E-state index in [9.17, 15) is 4.79 Å². The van der Waals surface area contributed by atoms with Crippen molar-refractivity contribution >= 4 is 5.91 Å². The number of carbonyl (C=O) groups excluding carboxylic acids is 1. The first-order valence-corrected chi connectivity index (χ1v) is 5.79. The minimum Gasteiger partial charge on any atom is -0.369 e. The van der Waals surface area contributed by atoms with Crippen molar-refractivity contribution in [2.45, 2.75) is 32.7 Å². The van der Waals surface area contributed by atoms with Crippen LogP contribution in [0.25, 0.3) is 0 Å². The Morgan fingerprint density at radius 1 is 1.60 bits per heavy atom. The molecule has 0 bridgehead atoms. The van der Waals surface area contributed by atoms with Gasteiger partial charge in [-0.3, -0.25) is 9.69 Å². The summed E-state index contributed by atoms with van der Waals surface area (Å²) in [7, 11) is 0. The third-order valence-electron chi connectivity index (χ3n) is 3.47. The van der Waals surface area contributed by atoms with Gasteiger partial charge in [0.15, 0.2) is 0 Å². The highest BCUT2D eigenvalue weighted by atomic mass is 16.1. The first-order chi connectivity index (χ1) is 7.06. The molecule has 4 nitrogen and oxygen atoms in total. The molecule has 4 N–H and O–H groups in total. The predicted molar refractivity (Wildman–Crippen MR) is 61.2 cm³/mol. The number of nitrogens with zero attached hydrogens (tertiary/aromatic N) is 1. The molecule has 0 aromatic rings. The van der Waals surface area contributed by atoms with Gasteiger partial charge in [-0.2, -0.15) is 0 Å². The van der Waals surface area contributed by atoms with Gasteiger partial charge in [0.05, 0.1) is 0 Å². The largest absolute Gasteiger partial charge is 0.369 e. The summed E-state index contributed by atoms with van der Waals surface area (Å²) in [5.74, 6) is 0.331. The summed E-state index contributed by atoms with van der Waals surface area (Å²) in [6.45, 7) is 6.59. The van der Waals surface area contributed by atoms with E-state index >= 15 is 0 Å². The van der Waals surface area contributed by atoms with Crippen molar-refractivity contribution in [2.24, 2.45) is 23.3 Å². The Bertz CT molecular complexity index is 220. The van der Waals surface area contributed by atoms with E-state index < -0.39 is 0 Å². The van der Waals surface area contributed by atoms with E-state index in [2.05, 4.69) is 11.8 Å².